The standard InChI is InChI=1S/C14H15N5O/c1-9(10-4-3-7-15-8-10)16-19-14(20)13-11-5-2-6-12(11)17-18-13/h3-4,7-8H,2,5-6H2,1H3,(H,17,18)(H,19,20). The normalized spacial score (nSPS) is 14.2. The quantitative estimate of drug-likeness (QED) is 0.653. The molecule has 6 nitrogen and oxygen atoms in total. The number of hydrogen-bond donors (Lipinski definition) is 2. The molecule has 2 N–H and O–H groups in total. The number of aromatic nitrogens is 3. The topological polar surface area (TPSA) is 83.0 Å². The molecule has 0 aromatic carbocycles. The fourth-order valence-corrected chi connectivity index (χ4v) is 2.34. The highest BCUT2D eigenvalue weighted by molar-refractivity contribution is 6.00. The molecule has 2 heterocycles. The Morgan fingerprint density at radius 2 is 2.35 bits per heavy atom. The van der Waals surface area contributed by atoms with E-state index in [2.05, 4.69) is 25.7 Å². The van der Waals surface area contributed by atoms with Crippen LogP contribution in [0.25, 0.3) is 0 Å². The lowest BCUT2D eigenvalue weighted by Gasteiger charge is -2.01. The summed E-state index contributed by atoms with van der Waals surface area (Å²) in [5.74, 6) is -0.271. The molecule has 1 aliphatic carbocycles. The maximum absolute atomic E-state index is 12.1. The number of fused-ring (bicyclic) bond motifs is 1. The highest BCUT2D eigenvalue weighted by atomic mass is 16.2. The average molecular weight is 269 g/mol. The molecular formula is C14H15N5O. The minimum atomic E-state index is -0.271. The Morgan fingerprint density at radius 1 is 1.45 bits per heavy atom. The van der Waals surface area contributed by atoms with Gasteiger partial charge in [-0.15, -0.1) is 0 Å². The van der Waals surface area contributed by atoms with Gasteiger partial charge >= 0.3 is 0 Å². The Labute approximate surface area is 116 Å². The number of hydrazone groups is 1. The van der Waals surface area contributed by atoms with Crippen LogP contribution in [0, 0.1) is 0 Å². The summed E-state index contributed by atoms with van der Waals surface area (Å²) in [4.78, 5) is 16.1. The van der Waals surface area contributed by atoms with Crippen LogP contribution in [-0.4, -0.2) is 26.8 Å². The lowest BCUT2D eigenvalue weighted by atomic mass is 10.2. The SMILES string of the molecule is CC(=NNC(=O)c1n[nH]c2c1CCC2)c1cccnc1. The maximum Gasteiger partial charge on any atom is 0.292 e. The third-order valence-corrected chi connectivity index (χ3v) is 3.43. The first-order chi connectivity index (χ1) is 9.75. The Kier molecular flexibility index (Phi) is 3.28. The van der Waals surface area contributed by atoms with Gasteiger partial charge in [-0.3, -0.25) is 14.9 Å². The third kappa shape index (κ3) is 2.32. The van der Waals surface area contributed by atoms with Crippen molar-refractivity contribution in [1.82, 2.24) is 20.6 Å². The minimum Gasteiger partial charge on any atom is -0.281 e. The van der Waals surface area contributed by atoms with E-state index in [0.717, 1.165) is 36.1 Å². The molecule has 0 radical (unpaired) electrons. The second kappa shape index (κ2) is 5.24. The molecule has 1 amide bonds. The molecule has 20 heavy (non-hydrogen) atoms. The van der Waals surface area contributed by atoms with Gasteiger partial charge in [0.05, 0.1) is 5.71 Å². The number of carbonyl (C=O) groups excluding carboxylic acids is 1. The Hall–Kier alpha value is -2.50. The minimum absolute atomic E-state index is 0.271. The van der Waals surface area contributed by atoms with E-state index in [1.54, 1.807) is 12.4 Å². The molecule has 0 atom stereocenters. The van der Waals surface area contributed by atoms with E-state index in [1.807, 2.05) is 19.1 Å². The monoisotopic (exact) mass is 269 g/mol. The van der Waals surface area contributed by atoms with Gasteiger partial charge in [-0.1, -0.05) is 6.07 Å². The van der Waals surface area contributed by atoms with Crippen LogP contribution in [0.3, 0.4) is 0 Å². The van der Waals surface area contributed by atoms with Crippen molar-refractivity contribution in [3.8, 4) is 0 Å². The van der Waals surface area contributed by atoms with Crippen LogP contribution < -0.4 is 5.43 Å². The Bertz CT molecular complexity index is 659. The zero-order valence-corrected chi connectivity index (χ0v) is 11.2. The summed E-state index contributed by atoms with van der Waals surface area (Å²) < 4.78 is 0. The van der Waals surface area contributed by atoms with Crippen LogP contribution in [0.4, 0.5) is 0 Å². The molecule has 0 aliphatic heterocycles. The molecule has 3 rings (SSSR count). The van der Waals surface area contributed by atoms with Gasteiger partial charge in [-0.2, -0.15) is 10.2 Å². The van der Waals surface area contributed by atoms with Gasteiger partial charge in [0.1, 0.15) is 0 Å². The summed E-state index contributed by atoms with van der Waals surface area (Å²) in [7, 11) is 0. The maximum atomic E-state index is 12.1. The molecule has 0 saturated carbocycles. The van der Waals surface area contributed by atoms with Crippen LogP contribution in [-0.2, 0) is 12.8 Å². The van der Waals surface area contributed by atoms with Crippen molar-refractivity contribution in [2.45, 2.75) is 26.2 Å². The Morgan fingerprint density at radius 3 is 3.15 bits per heavy atom. The van der Waals surface area contributed by atoms with Gasteiger partial charge in [-0.25, -0.2) is 5.43 Å². The van der Waals surface area contributed by atoms with Gasteiger partial charge < -0.3 is 0 Å². The van der Waals surface area contributed by atoms with E-state index in [4.69, 9.17) is 0 Å². The molecule has 0 spiro atoms. The fraction of sp³-hybridized carbons (Fsp3) is 0.286. The summed E-state index contributed by atoms with van der Waals surface area (Å²) in [5.41, 5.74) is 6.69. The van der Waals surface area contributed by atoms with Crippen LogP contribution >= 0.6 is 0 Å². The fourth-order valence-electron chi connectivity index (χ4n) is 2.34. The predicted molar refractivity (Wildman–Crippen MR) is 74.5 cm³/mol. The number of nitrogens with zero attached hydrogens (tertiary/aromatic N) is 3. The van der Waals surface area contributed by atoms with Gasteiger partial charge in [0.2, 0.25) is 0 Å². The zero-order chi connectivity index (χ0) is 13.9. The molecule has 0 saturated heterocycles. The van der Waals surface area contributed by atoms with Crippen LogP contribution in [0.15, 0.2) is 29.6 Å². The van der Waals surface area contributed by atoms with Crippen molar-refractivity contribution >= 4 is 11.6 Å². The van der Waals surface area contributed by atoms with Gasteiger partial charge in [0.15, 0.2) is 5.69 Å². The van der Waals surface area contributed by atoms with Crippen molar-refractivity contribution in [1.29, 1.82) is 0 Å². The van der Waals surface area contributed by atoms with E-state index in [0.29, 0.717) is 11.4 Å². The first kappa shape index (κ1) is 12.5. The summed E-state index contributed by atoms with van der Waals surface area (Å²) in [6.45, 7) is 1.83. The number of rotatable bonds is 3. The number of aryl methyl sites for hydroxylation is 1. The van der Waals surface area contributed by atoms with Gasteiger partial charge in [-0.05, 0) is 32.3 Å². The number of nitrogens with one attached hydrogen (secondary N) is 2. The molecule has 1 aliphatic rings. The number of carbonyl (C=O) groups is 1. The number of pyridine rings is 1. The molecule has 102 valence electrons. The predicted octanol–water partition coefficient (Wildman–Crippen LogP) is 1.45. The van der Waals surface area contributed by atoms with Crippen molar-refractivity contribution < 1.29 is 4.79 Å². The van der Waals surface area contributed by atoms with E-state index in [9.17, 15) is 4.79 Å². The molecule has 0 bridgehead atoms. The summed E-state index contributed by atoms with van der Waals surface area (Å²) >= 11 is 0. The van der Waals surface area contributed by atoms with Gasteiger partial charge in [0, 0.05) is 29.2 Å². The highest BCUT2D eigenvalue weighted by Crippen LogP contribution is 2.22. The first-order valence-electron chi connectivity index (χ1n) is 6.57. The van der Waals surface area contributed by atoms with Crippen molar-refractivity contribution in [3.63, 3.8) is 0 Å². The zero-order valence-electron chi connectivity index (χ0n) is 11.2. The highest BCUT2D eigenvalue weighted by Gasteiger charge is 2.22. The summed E-state index contributed by atoms with van der Waals surface area (Å²) in [6.07, 6.45) is 6.34. The lowest BCUT2D eigenvalue weighted by Crippen LogP contribution is -2.21. The molecule has 0 unspecified atom stereocenters. The first-order valence-corrected chi connectivity index (χ1v) is 6.57. The number of hydrogen-bond acceptors (Lipinski definition) is 4. The largest absolute Gasteiger partial charge is 0.292 e. The number of H-pyrrole nitrogens is 1. The second-order valence-electron chi connectivity index (χ2n) is 4.76. The van der Waals surface area contributed by atoms with E-state index in [1.165, 1.54) is 0 Å². The van der Waals surface area contributed by atoms with Crippen molar-refractivity contribution in [2.75, 3.05) is 0 Å². The van der Waals surface area contributed by atoms with Crippen LogP contribution in [0.2, 0.25) is 0 Å². The third-order valence-electron chi connectivity index (χ3n) is 3.43. The number of aromatic amines is 1. The lowest BCUT2D eigenvalue weighted by molar-refractivity contribution is 0.0949. The van der Waals surface area contributed by atoms with E-state index < -0.39 is 0 Å². The van der Waals surface area contributed by atoms with Crippen molar-refractivity contribution in [2.24, 2.45) is 5.10 Å². The second-order valence-corrected chi connectivity index (χ2v) is 4.76. The van der Waals surface area contributed by atoms with Crippen LogP contribution in [0.5, 0.6) is 0 Å². The molecule has 0 fully saturated rings. The molecule has 6 heteroatoms. The summed E-state index contributed by atoms with van der Waals surface area (Å²) in [5, 5.41) is 11.1. The van der Waals surface area contributed by atoms with Gasteiger partial charge in [0.25, 0.3) is 5.91 Å². The molecule has 2 aromatic rings. The van der Waals surface area contributed by atoms with E-state index >= 15 is 0 Å². The average Bonchev–Trinajstić information content (AvgIpc) is 3.08. The smallest absolute Gasteiger partial charge is 0.281 e. The molecule has 2 aromatic heterocycles. The Balaban J connectivity index is 1.73. The summed E-state index contributed by atoms with van der Waals surface area (Å²) in [6, 6.07) is 3.72. The van der Waals surface area contributed by atoms with Crippen LogP contribution in [0.1, 0.15) is 40.7 Å². The molecular weight excluding hydrogens is 254 g/mol. The van der Waals surface area contributed by atoms with E-state index in [-0.39, 0.29) is 5.91 Å². The number of amides is 1. The van der Waals surface area contributed by atoms with Crippen molar-refractivity contribution in [3.05, 3.63) is 47.0 Å².